The maximum Gasteiger partial charge on any atom is 0.299 e. The molecule has 1 amide bonds. The average molecular weight is 545 g/mol. The summed E-state index contributed by atoms with van der Waals surface area (Å²) in [6.07, 6.45) is -2.18. The summed E-state index contributed by atoms with van der Waals surface area (Å²) in [5.41, 5.74) is 0.817. The first kappa shape index (κ1) is 23.6. The summed E-state index contributed by atoms with van der Waals surface area (Å²) in [5.74, 6) is -0.232. The zero-order valence-corrected chi connectivity index (χ0v) is 20.0. The van der Waals surface area contributed by atoms with Crippen LogP contribution in [0.25, 0.3) is 5.78 Å². The van der Waals surface area contributed by atoms with Gasteiger partial charge in [-0.1, -0.05) is 24.6 Å². The summed E-state index contributed by atoms with van der Waals surface area (Å²) in [4.78, 5) is 32.5. The van der Waals surface area contributed by atoms with E-state index in [1.807, 2.05) is 11.8 Å². The van der Waals surface area contributed by atoms with Crippen LogP contribution in [0.3, 0.4) is 0 Å². The lowest BCUT2D eigenvalue weighted by Crippen LogP contribution is -2.47. The standard InChI is InChI=1S/C20H21BrClF2N7O2/c1-2-14-16(29-7-5-25-6-8-29)18(33)31-20(27-19(21)28-31)30(14)10-15(32)26-13-4-3-11(17(23)24)9-12(13)22/h3-4,9,17,25H,2,5-8,10H2,1H3,(H,26,32). The monoisotopic (exact) mass is 543 g/mol. The summed E-state index contributed by atoms with van der Waals surface area (Å²) in [6.45, 7) is 4.47. The Morgan fingerprint density at radius 2 is 2.06 bits per heavy atom. The molecule has 1 fully saturated rings. The van der Waals surface area contributed by atoms with Crippen molar-refractivity contribution in [2.24, 2.45) is 0 Å². The normalized spacial score (nSPS) is 14.3. The lowest BCUT2D eigenvalue weighted by molar-refractivity contribution is -0.116. The van der Waals surface area contributed by atoms with Crippen LogP contribution in [0.2, 0.25) is 5.02 Å². The topological polar surface area (TPSA) is 96.6 Å². The fourth-order valence-electron chi connectivity index (χ4n) is 3.90. The van der Waals surface area contributed by atoms with Crippen LogP contribution in [-0.4, -0.2) is 51.3 Å². The van der Waals surface area contributed by atoms with Gasteiger partial charge in [0.2, 0.25) is 16.4 Å². The number of hydrogen-bond donors (Lipinski definition) is 2. The first-order valence-electron chi connectivity index (χ1n) is 10.3. The third-order valence-corrected chi connectivity index (χ3v) is 6.04. The number of nitrogens with one attached hydrogen (secondary N) is 2. The maximum atomic E-state index is 13.3. The molecule has 0 aliphatic carbocycles. The van der Waals surface area contributed by atoms with E-state index in [4.69, 9.17) is 11.6 Å². The number of anilines is 2. The summed E-state index contributed by atoms with van der Waals surface area (Å²) in [7, 11) is 0. The van der Waals surface area contributed by atoms with Gasteiger partial charge in [-0.3, -0.25) is 9.59 Å². The first-order chi connectivity index (χ1) is 15.8. The summed E-state index contributed by atoms with van der Waals surface area (Å²) in [5, 5.41) is 10.1. The molecular weight excluding hydrogens is 524 g/mol. The van der Waals surface area contributed by atoms with Crippen molar-refractivity contribution < 1.29 is 13.6 Å². The number of hydrogen-bond acceptors (Lipinski definition) is 6. The van der Waals surface area contributed by atoms with E-state index in [1.54, 1.807) is 4.57 Å². The molecule has 0 bridgehead atoms. The average Bonchev–Trinajstić information content (AvgIpc) is 3.19. The number of carbonyl (C=O) groups excluding carboxylic acids is 1. The molecule has 4 rings (SSSR count). The van der Waals surface area contributed by atoms with E-state index in [-0.39, 0.29) is 38.9 Å². The molecule has 3 heterocycles. The van der Waals surface area contributed by atoms with Gasteiger partial charge in [-0.15, -0.1) is 5.10 Å². The van der Waals surface area contributed by atoms with Crippen molar-refractivity contribution in [1.82, 2.24) is 24.5 Å². The van der Waals surface area contributed by atoms with Crippen LogP contribution in [0.5, 0.6) is 0 Å². The van der Waals surface area contributed by atoms with Crippen molar-refractivity contribution in [2.75, 3.05) is 36.4 Å². The van der Waals surface area contributed by atoms with Gasteiger partial charge in [-0.2, -0.15) is 9.50 Å². The number of halogens is 4. The number of amides is 1. The Morgan fingerprint density at radius 1 is 1.33 bits per heavy atom. The predicted octanol–water partition coefficient (Wildman–Crippen LogP) is 2.86. The van der Waals surface area contributed by atoms with E-state index in [2.05, 4.69) is 36.6 Å². The molecule has 0 saturated carbocycles. The van der Waals surface area contributed by atoms with Crippen LogP contribution in [0.15, 0.2) is 27.7 Å². The quantitative estimate of drug-likeness (QED) is 0.496. The SMILES string of the molecule is CCc1c(N2CCNCC2)c(=O)n2nc(Br)nc2n1CC(=O)Nc1ccc(C(F)F)cc1Cl. The third kappa shape index (κ3) is 4.73. The van der Waals surface area contributed by atoms with E-state index >= 15 is 0 Å². The molecule has 0 atom stereocenters. The van der Waals surface area contributed by atoms with E-state index in [0.29, 0.717) is 30.9 Å². The van der Waals surface area contributed by atoms with Crippen LogP contribution in [0.1, 0.15) is 24.6 Å². The van der Waals surface area contributed by atoms with Crippen molar-refractivity contribution in [3.05, 3.63) is 49.6 Å². The minimum atomic E-state index is -2.66. The van der Waals surface area contributed by atoms with Gasteiger partial charge in [-0.25, -0.2) is 8.78 Å². The van der Waals surface area contributed by atoms with E-state index in [1.165, 1.54) is 16.6 Å². The van der Waals surface area contributed by atoms with Gasteiger partial charge in [0, 0.05) is 31.7 Å². The Bertz CT molecular complexity index is 1260. The Balaban J connectivity index is 1.73. The van der Waals surface area contributed by atoms with Crippen LogP contribution < -0.4 is 21.1 Å². The molecule has 9 nitrogen and oxygen atoms in total. The number of rotatable bonds is 6. The highest BCUT2D eigenvalue weighted by molar-refractivity contribution is 9.10. The van der Waals surface area contributed by atoms with Crippen molar-refractivity contribution >= 4 is 50.6 Å². The van der Waals surface area contributed by atoms with Crippen molar-refractivity contribution in [2.45, 2.75) is 26.3 Å². The molecule has 1 saturated heterocycles. The Hall–Kier alpha value is -2.57. The minimum absolute atomic E-state index is 0.00801. The number of nitrogens with zero attached hydrogens (tertiary/aromatic N) is 5. The molecule has 0 spiro atoms. The number of carbonyl (C=O) groups is 1. The second-order valence-electron chi connectivity index (χ2n) is 7.46. The maximum absolute atomic E-state index is 13.3. The highest BCUT2D eigenvalue weighted by atomic mass is 79.9. The van der Waals surface area contributed by atoms with Crippen molar-refractivity contribution in [3.8, 4) is 0 Å². The van der Waals surface area contributed by atoms with E-state index < -0.39 is 12.3 Å². The van der Waals surface area contributed by atoms with E-state index in [9.17, 15) is 18.4 Å². The third-order valence-electron chi connectivity index (χ3n) is 5.39. The van der Waals surface area contributed by atoms with Crippen molar-refractivity contribution in [3.63, 3.8) is 0 Å². The van der Waals surface area contributed by atoms with Crippen molar-refractivity contribution in [1.29, 1.82) is 0 Å². The van der Waals surface area contributed by atoms with Gasteiger partial charge in [0.1, 0.15) is 12.2 Å². The second-order valence-corrected chi connectivity index (χ2v) is 8.57. The van der Waals surface area contributed by atoms with Gasteiger partial charge < -0.3 is 20.1 Å². The van der Waals surface area contributed by atoms with Gasteiger partial charge >= 0.3 is 0 Å². The largest absolute Gasteiger partial charge is 0.363 e. The molecule has 2 N–H and O–H groups in total. The molecule has 2 aromatic heterocycles. The van der Waals surface area contributed by atoms with Gasteiger partial charge in [0.15, 0.2) is 0 Å². The number of aromatic nitrogens is 4. The lowest BCUT2D eigenvalue weighted by Gasteiger charge is -2.31. The zero-order valence-electron chi connectivity index (χ0n) is 17.6. The van der Waals surface area contributed by atoms with Gasteiger partial charge in [0.05, 0.1) is 16.4 Å². The first-order valence-corrected chi connectivity index (χ1v) is 11.5. The van der Waals surface area contributed by atoms with Crippen LogP contribution in [0.4, 0.5) is 20.2 Å². The molecule has 1 aliphatic heterocycles. The Labute approximate surface area is 200 Å². The number of piperazine rings is 1. The fraction of sp³-hybridized carbons (Fsp3) is 0.400. The second kappa shape index (κ2) is 9.74. The molecule has 0 radical (unpaired) electrons. The number of benzene rings is 1. The predicted molar refractivity (Wildman–Crippen MR) is 124 cm³/mol. The number of alkyl halides is 2. The Morgan fingerprint density at radius 3 is 2.70 bits per heavy atom. The van der Waals surface area contributed by atoms with Crippen LogP contribution in [-0.2, 0) is 17.8 Å². The van der Waals surface area contributed by atoms with E-state index in [0.717, 1.165) is 19.2 Å². The number of fused-ring (bicyclic) bond motifs is 1. The minimum Gasteiger partial charge on any atom is -0.363 e. The molecule has 13 heteroatoms. The van der Waals surface area contributed by atoms with Crippen LogP contribution >= 0.6 is 27.5 Å². The molecule has 0 unspecified atom stereocenters. The molecule has 176 valence electrons. The fourth-order valence-corrected chi connectivity index (χ4v) is 4.45. The summed E-state index contributed by atoms with van der Waals surface area (Å²) in [6, 6.07) is 3.66. The summed E-state index contributed by atoms with van der Waals surface area (Å²) < 4.78 is 28.8. The highest BCUT2D eigenvalue weighted by Crippen LogP contribution is 2.28. The highest BCUT2D eigenvalue weighted by Gasteiger charge is 2.25. The molecule has 3 aromatic rings. The summed E-state index contributed by atoms with van der Waals surface area (Å²) >= 11 is 9.29. The zero-order chi connectivity index (χ0) is 23.7. The van der Waals surface area contributed by atoms with Crippen LogP contribution in [0, 0.1) is 0 Å². The molecular formula is C20H21BrClF2N7O2. The van der Waals surface area contributed by atoms with Gasteiger partial charge in [0.25, 0.3) is 12.0 Å². The molecule has 33 heavy (non-hydrogen) atoms. The Kier molecular flexibility index (Phi) is 6.96. The molecule has 1 aromatic carbocycles. The van der Waals surface area contributed by atoms with Gasteiger partial charge in [-0.05, 0) is 34.5 Å². The molecule has 1 aliphatic rings. The lowest BCUT2D eigenvalue weighted by atomic mass is 10.2. The smallest absolute Gasteiger partial charge is 0.299 e.